The van der Waals surface area contributed by atoms with E-state index < -0.39 is 0 Å². The molecule has 3 nitrogen and oxygen atoms in total. The van der Waals surface area contributed by atoms with Crippen molar-refractivity contribution in [2.75, 3.05) is 19.0 Å². The van der Waals surface area contributed by atoms with Crippen LogP contribution in [-0.4, -0.2) is 31.1 Å². The quantitative estimate of drug-likeness (QED) is 0.610. The number of hydrogen-bond acceptors (Lipinski definition) is 2. The molecule has 0 N–H and O–H groups in total. The van der Waals surface area contributed by atoms with Gasteiger partial charge in [0, 0.05) is 5.69 Å². The first kappa shape index (κ1) is 16.0. The highest BCUT2D eigenvalue weighted by atomic mass is 35.5. The molecule has 1 unspecified atom stereocenters. The molecule has 0 aliphatic carbocycles. The number of anilines is 1. The maximum Gasteiger partial charge on any atom is 0.251 e. The molecule has 1 aromatic rings. The van der Waals surface area contributed by atoms with Gasteiger partial charge in [-0.1, -0.05) is 36.7 Å². The van der Waals surface area contributed by atoms with E-state index >= 15 is 0 Å². The average molecular weight is 301 g/mol. The van der Waals surface area contributed by atoms with Gasteiger partial charge in [-0.2, -0.15) is 0 Å². The van der Waals surface area contributed by atoms with E-state index in [1.54, 1.807) is 23.1 Å². The largest absolute Gasteiger partial charge is 0.293 e. The van der Waals surface area contributed by atoms with Crippen LogP contribution in [0.3, 0.4) is 0 Å². The second-order valence-corrected chi connectivity index (χ2v) is 5.18. The standard InChI is InChI=1S/C14H18Cl2N2O/c1-5-13(17(3)4)18(14(19)6-2)10-7-8-11(15)12(16)9-10/h6-9,13H,2,5H2,1,3-4H3. The monoisotopic (exact) mass is 300 g/mol. The third-order valence-electron chi connectivity index (χ3n) is 2.85. The van der Waals surface area contributed by atoms with Gasteiger partial charge >= 0.3 is 0 Å². The highest BCUT2D eigenvalue weighted by Gasteiger charge is 2.24. The highest BCUT2D eigenvalue weighted by molar-refractivity contribution is 6.42. The molecule has 1 aromatic carbocycles. The fraction of sp³-hybridized carbons (Fsp3) is 0.357. The van der Waals surface area contributed by atoms with Crippen molar-refractivity contribution in [3.63, 3.8) is 0 Å². The summed E-state index contributed by atoms with van der Waals surface area (Å²) in [4.78, 5) is 15.8. The summed E-state index contributed by atoms with van der Waals surface area (Å²) >= 11 is 11.9. The maximum absolute atomic E-state index is 12.1. The second kappa shape index (κ2) is 6.94. The van der Waals surface area contributed by atoms with Crippen LogP contribution in [0.4, 0.5) is 5.69 Å². The smallest absolute Gasteiger partial charge is 0.251 e. The highest BCUT2D eigenvalue weighted by Crippen LogP contribution is 2.29. The zero-order chi connectivity index (χ0) is 14.6. The predicted octanol–water partition coefficient (Wildman–Crippen LogP) is 3.81. The molecular weight excluding hydrogens is 283 g/mol. The zero-order valence-corrected chi connectivity index (χ0v) is 12.9. The van der Waals surface area contributed by atoms with E-state index in [9.17, 15) is 4.79 Å². The van der Waals surface area contributed by atoms with Gasteiger partial charge in [-0.15, -0.1) is 0 Å². The zero-order valence-electron chi connectivity index (χ0n) is 11.4. The van der Waals surface area contributed by atoms with E-state index in [4.69, 9.17) is 23.2 Å². The fourth-order valence-corrected chi connectivity index (χ4v) is 2.25. The first-order valence-electron chi connectivity index (χ1n) is 5.99. The molecule has 1 atom stereocenters. The Labute approximate surface area is 124 Å². The molecule has 0 aliphatic heterocycles. The number of hydrogen-bond donors (Lipinski definition) is 0. The van der Waals surface area contributed by atoms with Gasteiger partial charge in [-0.3, -0.25) is 14.6 Å². The van der Waals surface area contributed by atoms with Gasteiger partial charge in [-0.05, 0) is 44.8 Å². The molecule has 0 aromatic heterocycles. The lowest BCUT2D eigenvalue weighted by Crippen LogP contribution is -2.47. The Morgan fingerprint density at radius 3 is 2.42 bits per heavy atom. The maximum atomic E-state index is 12.1. The molecule has 19 heavy (non-hydrogen) atoms. The van der Waals surface area contributed by atoms with E-state index in [0.29, 0.717) is 15.7 Å². The van der Waals surface area contributed by atoms with Gasteiger partial charge in [0.05, 0.1) is 16.2 Å². The number of rotatable bonds is 5. The Kier molecular flexibility index (Phi) is 5.85. The van der Waals surface area contributed by atoms with Gasteiger partial charge in [0.25, 0.3) is 5.91 Å². The number of halogens is 2. The Morgan fingerprint density at radius 1 is 1.37 bits per heavy atom. The topological polar surface area (TPSA) is 23.6 Å². The Balaban J connectivity index is 3.26. The molecule has 0 saturated heterocycles. The molecule has 5 heteroatoms. The van der Waals surface area contributed by atoms with E-state index in [1.807, 2.05) is 25.9 Å². The van der Waals surface area contributed by atoms with Crippen molar-refractivity contribution in [1.29, 1.82) is 0 Å². The summed E-state index contributed by atoms with van der Waals surface area (Å²) in [6, 6.07) is 5.16. The molecule has 0 bridgehead atoms. The van der Waals surface area contributed by atoms with Gasteiger partial charge in [0.1, 0.15) is 0 Å². The third kappa shape index (κ3) is 3.72. The fourth-order valence-electron chi connectivity index (χ4n) is 1.96. The van der Waals surface area contributed by atoms with Crippen LogP contribution in [0.15, 0.2) is 30.9 Å². The molecule has 0 saturated carbocycles. The number of amides is 1. The Bertz CT molecular complexity index is 475. The molecule has 0 radical (unpaired) electrons. The van der Waals surface area contributed by atoms with Crippen molar-refractivity contribution >= 4 is 34.8 Å². The van der Waals surface area contributed by atoms with Gasteiger partial charge in [0.2, 0.25) is 0 Å². The molecule has 104 valence electrons. The van der Waals surface area contributed by atoms with E-state index in [0.717, 1.165) is 6.42 Å². The van der Waals surface area contributed by atoms with Crippen LogP contribution in [0.25, 0.3) is 0 Å². The van der Waals surface area contributed by atoms with Crippen molar-refractivity contribution < 1.29 is 4.79 Å². The molecule has 0 fully saturated rings. The summed E-state index contributed by atoms with van der Waals surface area (Å²) in [7, 11) is 3.85. The summed E-state index contributed by atoms with van der Waals surface area (Å²) < 4.78 is 0. The minimum absolute atomic E-state index is 0.0669. The molecule has 0 heterocycles. The van der Waals surface area contributed by atoms with Crippen LogP contribution < -0.4 is 4.90 Å². The lowest BCUT2D eigenvalue weighted by atomic mass is 10.2. The predicted molar refractivity (Wildman–Crippen MR) is 81.9 cm³/mol. The summed E-state index contributed by atoms with van der Waals surface area (Å²) in [5, 5.41) is 0.893. The van der Waals surface area contributed by atoms with E-state index in [2.05, 4.69) is 6.58 Å². The van der Waals surface area contributed by atoms with E-state index in [-0.39, 0.29) is 12.1 Å². The number of carbonyl (C=O) groups excluding carboxylic acids is 1. The summed E-state index contributed by atoms with van der Waals surface area (Å²) in [6.07, 6.45) is 2.02. The van der Waals surface area contributed by atoms with Crippen molar-refractivity contribution in [1.82, 2.24) is 4.90 Å². The first-order valence-corrected chi connectivity index (χ1v) is 6.75. The number of benzene rings is 1. The van der Waals surface area contributed by atoms with Crippen LogP contribution in [0.5, 0.6) is 0 Å². The summed E-state index contributed by atoms with van der Waals surface area (Å²) in [6.45, 7) is 5.57. The van der Waals surface area contributed by atoms with Crippen molar-refractivity contribution in [3.05, 3.63) is 40.9 Å². The molecule has 1 amide bonds. The molecule has 0 spiro atoms. The van der Waals surface area contributed by atoms with Crippen LogP contribution in [0.2, 0.25) is 10.0 Å². The molecule has 1 rings (SSSR count). The van der Waals surface area contributed by atoms with Gasteiger partial charge in [0.15, 0.2) is 0 Å². The van der Waals surface area contributed by atoms with Crippen molar-refractivity contribution in [2.24, 2.45) is 0 Å². The normalized spacial score (nSPS) is 12.3. The lowest BCUT2D eigenvalue weighted by molar-refractivity contribution is -0.115. The van der Waals surface area contributed by atoms with E-state index in [1.165, 1.54) is 6.08 Å². The summed E-state index contributed by atoms with van der Waals surface area (Å²) in [5.74, 6) is -0.168. The third-order valence-corrected chi connectivity index (χ3v) is 3.59. The number of carbonyl (C=O) groups is 1. The SMILES string of the molecule is C=CC(=O)N(c1ccc(Cl)c(Cl)c1)C(CC)N(C)C. The first-order chi connectivity index (χ1) is 8.92. The van der Waals surface area contributed by atoms with Crippen molar-refractivity contribution in [2.45, 2.75) is 19.5 Å². The van der Waals surface area contributed by atoms with Crippen LogP contribution in [0, 0.1) is 0 Å². The summed E-state index contributed by atoms with van der Waals surface area (Å²) in [5.41, 5.74) is 0.708. The number of nitrogens with zero attached hydrogens (tertiary/aromatic N) is 2. The Morgan fingerprint density at radius 2 is 2.00 bits per heavy atom. The van der Waals surface area contributed by atoms with Crippen LogP contribution >= 0.6 is 23.2 Å². The average Bonchev–Trinajstić information content (AvgIpc) is 2.38. The van der Waals surface area contributed by atoms with Crippen LogP contribution in [-0.2, 0) is 4.79 Å². The minimum atomic E-state index is -0.168. The molecule has 0 aliphatic rings. The Hall–Kier alpha value is -1.03. The van der Waals surface area contributed by atoms with Crippen molar-refractivity contribution in [3.8, 4) is 0 Å². The lowest BCUT2D eigenvalue weighted by Gasteiger charge is -2.35. The second-order valence-electron chi connectivity index (χ2n) is 4.36. The minimum Gasteiger partial charge on any atom is -0.293 e. The van der Waals surface area contributed by atoms with Crippen LogP contribution in [0.1, 0.15) is 13.3 Å². The van der Waals surface area contributed by atoms with Gasteiger partial charge in [-0.25, -0.2) is 0 Å². The van der Waals surface area contributed by atoms with Gasteiger partial charge < -0.3 is 0 Å². The molecular formula is C14H18Cl2N2O.